The van der Waals surface area contributed by atoms with E-state index >= 15 is 0 Å². The number of ether oxygens (including phenoxy) is 2. The van der Waals surface area contributed by atoms with Crippen LogP contribution in [-0.2, 0) is 11.8 Å². The first-order valence-electron chi connectivity index (χ1n) is 12.7. The SMILES string of the molecule is Cn1cc(/C=C2\Oc3ccc(NC(=O)Nc4cccnc4)cc3C2=O)c2c(N3CCOC(C)(C)C3)ccnc21. The summed E-state index contributed by atoms with van der Waals surface area (Å²) >= 11 is 0. The summed E-state index contributed by atoms with van der Waals surface area (Å²) in [6.45, 7) is 6.30. The van der Waals surface area contributed by atoms with Crippen molar-refractivity contribution in [2.75, 3.05) is 35.2 Å². The van der Waals surface area contributed by atoms with Gasteiger partial charge in [0, 0.05) is 55.4 Å². The van der Waals surface area contributed by atoms with Gasteiger partial charge in [-0.25, -0.2) is 9.78 Å². The van der Waals surface area contributed by atoms with E-state index in [4.69, 9.17) is 9.47 Å². The van der Waals surface area contributed by atoms with E-state index in [2.05, 4.69) is 39.3 Å². The number of carbonyl (C=O) groups excluding carboxylic acids is 2. The molecule has 2 N–H and O–H groups in total. The van der Waals surface area contributed by atoms with Crippen molar-refractivity contribution in [1.82, 2.24) is 14.5 Å². The van der Waals surface area contributed by atoms with Gasteiger partial charge in [-0.1, -0.05) is 0 Å². The summed E-state index contributed by atoms with van der Waals surface area (Å²) in [5.74, 6) is 0.404. The molecule has 4 aromatic rings. The number of nitrogens with zero attached hydrogens (tertiary/aromatic N) is 4. The van der Waals surface area contributed by atoms with Crippen LogP contribution in [-0.4, -0.2) is 51.6 Å². The van der Waals surface area contributed by atoms with Crippen LogP contribution >= 0.6 is 0 Å². The summed E-state index contributed by atoms with van der Waals surface area (Å²) in [6.07, 6.45) is 8.70. The minimum Gasteiger partial charge on any atom is -0.452 e. The van der Waals surface area contributed by atoms with Gasteiger partial charge < -0.3 is 29.6 Å². The summed E-state index contributed by atoms with van der Waals surface area (Å²) in [7, 11) is 1.94. The van der Waals surface area contributed by atoms with Crippen LogP contribution in [0, 0.1) is 0 Å². The molecule has 5 heterocycles. The van der Waals surface area contributed by atoms with Crippen LogP contribution < -0.4 is 20.3 Å². The number of carbonyl (C=O) groups is 2. The van der Waals surface area contributed by atoms with Crippen molar-refractivity contribution >= 4 is 46.0 Å². The second-order valence-electron chi connectivity index (χ2n) is 10.2. The van der Waals surface area contributed by atoms with E-state index in [1.54, 1.807) is 48.8 Å². The first-order valence-corrected chi connectivity index (χ1v) is 12.7. The number of aromatic nitrogens is 3. The Hall–Kier alpha value is -4.70. The van der Waals surface area contributed by atoms with Gasteiger partial charge in [0.15, 0.2) is 5.76 Å². The zero-order chi connectivity index (χ0) is 27.1. The van der Waals surface area contributed by atoms with Crippen molar-refractivity contribution < 1.29 is 19.1 Å². The Bertz CT molecular complexity index is 1630. The predicted molar refractivity (Wildman–Crippen MR) is 149 cm³/mol. The van der Waals surface area contributed by atoms with Gasteiger partial charge in [-0.15, -0.1) is 0 Å². The molecule has 0 aliphatic carbocycles. The number of ketones is 1. The van der Waals surface area contributed by atoms with E-state index in [-0.39, 0.29) is 17.1 Å². The maximum absolute atomic E-state index is 13.4. The van der Waals surface area contributed by atoms with Crippen molar-refractivity contribution in [3.05, 3.63) is 78.1 Å². The molecule has 0 saturated carbocycles. The second kappa shape index (κ2) is 9.55. The maximum Gasteiger partial charge on any atom is 0.323 e. The monoisotopic (exact) mass is 524 g/mol. The predicted octanol–water partition coefficient (Wildman–Crippen LogP) is 4.84. The topological polar surface area (TPSA) is 111 Å². The van der Waals surface area contributed by atoms with Crippen LogP contribution in [0.3, 0.4) is 0 Å². The number of aryl methyl sites for hydroxylation is 1. The average molecular weight is 525 g/mol. The molecule has 0 spiro atoms. The van der Waals surface area contributed by atoms with Crippen molar-refractivity contribution in [3.63, 3.8) is 0 Å². The maximum atomic E-state index is 13.4. The van der Waals surface area contributed by atoms with Gasteiger partial charge in [0.25, 0.3) is 0 Å². The highest BCUT2D eigenvalue weighted by Gasteiger charge is 2.31. The molecule has 1 fully saturated rings. The molecule has 0 radical (unpaired) electrons. The molecular formula is C29H28N6O4. The molecule has 6 rings (SSSR count). The fourth-order valence-electron chi connectivity index (χ4n) is 5.05. The van der Waals surface area contributed by atoms with E-state index < -0.39 is 6.03 Å². The quantitative estimate of drug-likeness (QED) is 0.368. The van der Waals surface area contributed by atoms with E-state index in [9.17, 15) is 9.59 Å². The zero-order valence-corrected chi connectivity index (χ0v) is 21.9. The van der Waals surface area contributed by atoms with Crippen molar-refractivity contribution in [2.24, 2.45) is 7.05 Å². The molecule has 0 unspecified atom stereocenters. The first kappa shape index (κ1) is 24.6. The Morgan fingerprint density at radius 3 is 2.77 bits per heavy atom. The highest BCUT2D eigenvalue weighted by molar-refractivity contribution is 6.16. The molecule has 10 heteroatoms. The number of fused-ring (bicyclic) bond motifs is 2. The van der Waals surface area contributed by atoms with Crippen LogP contribution in [0.5, 0.6) is 5.75 Å². The van der Waals surface area contributed by atoms with Gasteiger partial charge in [-0.3, -0.25) is 9.78 Å². The van der Waals surface area contributed by atoms with Gasteiger partial charge >= 0.3 is 6.03 Å². The summed E-state index contributed by atoms with van der Waals surface area (Å²) in [6, 6.07) is 10.0. The average Bonchev–Trinajstić information content (AvgIpc) is 3.40. The molecule has 0 bridgehead atoms. The lowest BCUT2D eigenvalue weighted by molar-refractivity contribution is -0.0276. The Labute approximate surface area is 225 Å². The molecule has 2 aliphatic rings. The zero-order valence-electron chi connectivity index (χ0n) is 21.9. The molecule has 2 amide bonds. The van der Waals surface area contributed by atoms with Crippen molar-refractivity contribution in [2.45, 2.75) is 19.4 Å². The van der Waals surface area contributed by atoms with Gasteiger partial charge in [0.05, 0.1) is 35.3 Å². The number of urea groups is 1. The summed E-state index contributed by atoms with van der Waals surface area (Å²) in [5, 5.41) is 6.41. The molecule has 39 heavy (non-hydrogen) atoms. The van der Waals surface area contributed by atoms with Crippen LogP contribution in [0.4, 0.5) is 21.9 Å². The standard InChI is InChI=1S/C29H28N6O4/c1-29(2)17-35(11-12-38-29)22-8-10-31-27-25(22)18(16-34(27)3)13-24-26(36)21-14-19(6-7-23(21)39-24)32-28(37)33-20-5-4-9-30-15-20/h4-10,13-16H,11-12,17H2,1-3H3,(H2,32,33,37)/b24-13-. The summed E-state index contributed by atoms with van der Waals surface area (Å²) in [4.78, 5) is 36.6. The number of rotatable bonds is 4. The van der Waals surface area contributed by atoms with E-state index in [0.29, 0.717) is 29.3 Å². The van der Waals surface area contributed by atoms with E-state index in [1.807, 2.05) is 30.1 Å². The Morgan fingerprint density at radius 1 is 1.13 bits per heavy atom. The molecule has 10 nitrogen and oxygen atoms in total. The number of anilines is 3. The third-order valence-electron chi connectivity index (χ3n) is 6.76. The fourth-order valence-corrected chi connectivity index (χ4v) is 5.05. The smallest absolute Gasteiger partial charge is 0.323 e. The number of pyridine rings is 2. The molecular weight excluding hydrogens is 496 g/mol. The van der Waals surface area contributed by atoms with Gasteiger partial charge in [-0.05, 0) is 56.3 Å². The number of amides is 2. The largest absolute Gasteiger partial charge is 0.452 e. The number of hydrogen-bond donors (Lipinski definition) is 2. The minimum absolute atomic E-state index is 0.214. The lowest BCUT2D eigenvalue weighted by Crippen LogP contribution is -2.48. The Kier molecular flexibility index (Phi) is 6.03. The van der Waals surface area contributed by atoms with Gasteiger partial charge in [0.2, 0.25) is 5.78 Å². The van der Waals surface area contributed by atoms with Crippen LogP contribution in [0.25, 0.3) is 17.1 Å². The Morgan fingerprint density at radius 2 is 1.97 bits per heavy atom. The van der Waals surface area contributed by atoms with Gasteiger partial charge in [-0.2, -0.15) is 0 Å². The summed E-state index contributed by atoms with van der Waals surface area (Å²) < 4.78 is 13.8. The molecule has 1 aromatic carbocycles. The second-order valence-corrected chi connectivity index (χ2v) is 10.2. The number of morpholine rings is 1. The number of allylic oxidation sites excluding steroid dienone is 1. The van der Waals surface area contributed by atoms with Crippen molar-refractivity contribution in [3.8, 4) is 5.75 Å². The highest BCUT2D eigenvalue weighted by atomic mass is 16.5. The number of Topliss-reactive ketones (excluding diaryl/α,β-unsaturated/α-hetero) is 1. The van der Waals surface area contributed by atoms with Crippen LogP contribution in [0.1, 0.15) is 29.8 Å². The van der Waals surface area contributed by atoms with Gasteiger partial charge in [0.1, 0.15) is 11.4 Å². The lowest BCUT2D eigenvalue weighted by atomic mass is 10.0. The number of benzene rings is 1. The van der Waals surface area contributed by atoms with Crippen LogP contribution in [0.2, 0.25) is 0 Å². The summed E-state index contributed by atoms with van der Waals surface area (Å²) in [5.41, 5.74) is 3.84. The van der Waals surface area contributed by atoms with E-state index in [1.165, 1.54) is 0 Å². The Balaban J connectivity index is 1.28. The molecule has 0 atom stereocenters. The van der Waals surface area contributed by atoms with Crippen LogP contribution in [0.15, 0.2) is 66.9 Å². The lowest BCUT2D eigenvalue weighted by Gasteiger charge is -2.39. The minimum atomic E-state index is -0.438. The molecule has 1 saturated heterocycles. The van der Waals surface area contributed by atoms with Crippen molar-refractivity contribution in [1.29, 1.82) is 0 Å². The first-order chi connectivity index (χ1) is 18.8. The third kappa shape index (κ3) is 4.82. The third-order valence-corrected chi connectivity index (χ3v) is 6.76. The molecule has 2 aliphatic heterocycles. The number of nitrogens with one attached hydrogen (secondary N) is 2. The highest BCUT2D eigenvalue weighted by Crippen LogP contribution is 2.37. The van der Waals surface area contributed by atoms with E-state index in [0.717, 1.165) is 35.4 Å². The number of hydrogen-bond acceptors (Lipinski definition) is 7. The normalized spacial score (nSPS) is 17.3. The molecule has 198 valence electrons. The fraction of sp³-hybridized carbons (Fsp3) is 0.241. The molecule has 3 aromatic heterocycles.